The molecule has 146 valence electrons. The lowest BCUT2D eigenvalue weighted by atomic mass is 9.92. The van der Waals surface area contributed by atoms with E-state index in [4.69, 9.17) is 18.9 Å². The van der Waals surface area contributed by atoms with Gasteiger partial charge in [-0.2, -0.15) is 0 Å². The molecular formula is C20H36O4S. The first-order chi connectivity index (χ1) is 11.7. The molecule has 0 N–H and O–H groups in total. The van der Waals surface area contributed by atoms with Crippen molar-refractivity contribution in [2.75, 3.05) is 46.2 Å². The summed E-state index contributed by atoms with van der Waals surface area (Å²) in [4.78, 5) is 2.66. The van der Waals surface area contributed by atoms with Gasteiger partial charge in [0.05, 0.1) is 37.9 Å². The Kier molecular flexibility index (Phi) is 9.43. The van der Waals surface area contributed by atoms with Crippen molar-refractivity contribution in [1.82, 2.24) is 0 Å². The van der Waals surface area contributed by atoms with Crippen molar-refractivity contribution in [3.63, 3.8) is 0 Å². The van der Waals surface area contributed by atoms with Gasteiger partial charge >= 0.3 is 0 Å². The van der Waals surface area contributed by atoms with Crippen molar-refractivity contribution < 1.29 is 18.9 Å². The van der Waals surface area contributed by atoms with Crippen molar-refractivity contribution in [2.24, 2.45) is 0 Å². The molecule has 1 heterocycles. The average molecular weight is 373 g/mol. The van der Waals surface area contributed by atoms with Gasteiger partial charge in [-0.15, -0.1) is 11.3 Å². The standard InChI is InChI=1S/C20H36O4S/c1-8-21-9-10-22-11-12-23-13-14-24-16-15-17(19(2,3)4)25-18(16)20(5,6)7/h15H,8-14H2,1-7H3. The molecule has 1 aromatic rings. The van der Waals surface area contributed by atoms with Crippen LogP contribution in [0.5, 0.6) is 5.75 Å². The molecule has 0 radical (unpaired) electrons. The van der Waals surface area contributed by atoms with Gasteiger partial charge in [-0.1, -0.05) is 41.5 Å². The minimum atomic E-state index is 0.0821. The fraction of sp³-hybridized carbons (Fsp3) is 0.800. The Morgan fingerprint density at radius 3 is 1.76 bits per heavy atom. The van der Waals surface area contributed by atoms with Gasteiger partial charge < -0.3 is 18.9 Å². The molecule has 0 aliphatic heterocycles. The van der Waals surface area contributed by atoms with E-state index in [0.717, 1.165) is 12.4 Å². The predicted octanol–water partition coefficient (Wildman–Crippen LogP) is 4.79. The highest BCUT2D eigenvalue weighted by Crippen LogP contribution is 2.42. The fourth-order valence-electron chi connectivity index (χ4n) is 2.17. The van der Waals surface area contributed by atoms with Gasteiger partial charge in [0.2, 0.25) is 0 Å². The quantitative estimate of drug-likeness (QED) is 0.523. The van der Waals surface area contributed by atoms with Gasteiger partial charge in [-0.05, 0) is 23.8 Å². The van der Waals surface area contributed by atoms with Crippen LogP contribution in [0.2, 0.25) is 0 Å². The third kappa shape index (κ3) is 8.54. The van der Waals surface area contributed by atoms with Crippen LogP contribution in [0.15, 0.2) is 6.07 Å². The average Bonchev–Trinajstić information content (AvgIpc) is 2.94. The summed E-state index contributed by atoms with van der Waals surface area (Å²) in [6.07, 6.45) is 0. The van der Waals surface area contributed by atoms with Gasteiger partial charge in [0.25, 0.3) is 0 Å². The highest BCUT2D eigenvalue weighted by molar-refractivity contribution is 7.12. The van der Waals surface area contributed by atoms with Crippen LogP contribution in [0.1, 0.15) is 58.2 Å². The number of thiophene rings is 1. The maximum Gasteiger partial charge on any atom is 0.134 e. The summed E-state index contributed by atoms with van der Waals surface area (Å²) >= 11 is 1.86. The van der Waals surface area contributed by atoms with Crippen LogP contribution in [-0.4, -0.2) is 46.2 Å². The van der Waals surface area contributed by atoms with E-state index in [2.05, 4.69) is 47.6 Å². The highest BCUT2D eigenvalue weighted by atomic mass is 32.1. The predicted molar refractivity (Wildman–Crippen MR) is 105 cm³/mol. The first kappa shape index (κ1) is 22.4. The molecule has 0 amide bonds. The molecule has 0 aliphatic carbocycles. The minimum absolute atomic E-state index is 0.0821. The van der Waals surface area contributed by atoms with Crippen LogP contribution in [0.3, 0.4) is 0 Å². The van der Waals surface area contributed by atoms with E-state index in [0.29, 0.717) is 39.6 Å². The molecule has 0 aromatic carbocycles. The summed E-state index contributed by atoms with van der Waals surface area (Å²) in [5, 5.41) is 0. The van der Waals surface area contributed by atoms with Gasteiger partial charge in [0.1, 0.15) is 12.4 Å². The molecular weight excluding hydrogens is 336 g/mol. The second-order valence-corrected chi connectivity index (χ2v) is 9.13. The smallest absolute Gasteiger partial charge is 0.134 e. The van der Waals surface area contributed by atoms with Crippen molar-refractivity contribution >= 4 is 11.3 Å². The summed E-state index contributed by atoms with van der Waals surface area (Å²) < 4.78 is 22.2. The third-order valence-electron chi connectivity index (χ3n) is 3.55. The Bertz CT molecular complexity index is 483. The molecule has 1 aromatic heterocycles. The number of hydrogen-bond acceptors (Lipinski definition) is 5. The van der Waals surface area contributed by atoms with E-state index in [1.807, 2.05) is 18.3 Å². The molecule has 0 saturated carbocycles. The molecule has 0 aliphatic rings. The van der Waals surface area contributed by atoms with E-state index in [9.17, 15) is 0 Å². The van der Waals surface area contributed by atoms with E-state index in [1.54, 1.807) is 0 Å². The second kappa shape index (κ2) is 10.5. The molecule has 0 bridgehead atoms. The van der Waals surface area contributed by atoms with E-state index >= 15 is 0 Å². The topological polar surface area (TPSA) is 36.9 Å². The molecule has 1 rings (SSSR count). The molecule has 4 nitrogen and oxygen atoms in total. The molecule has 0 atom stereocenters. The van der Waals surface area contributed by atoms with Crippen molar-refractivity contribution in [3.8, 4) is 5.75 Å². The zero-order valence-corrected chi connectivity index (χ0v) is 17.9. The first-order valence-electron chi connectivity index (χ1n) is 9.17. The summed E-state index contributed by atoms with van der Waals surface area (Å²) in [5.74, 6) is 0.999. The van der Waals surface area contributed by atoms with Crippen LogP contribution < -0.4 is 4.74 Å². The fourth-order valence-corrected chi connectivity index (χ4v) is 3.39. The summed E-state index contributed by atoms with van der Waals surface area (Å²) in [6.45, 7) is 19.7. The maximum absolute atomic E-state index is 6.02. The summed E-state index contributed by atoms with van der Waals surface area (Å²) in [6, 6.07) is 2.20. The Balaban J connectivity index is 2.36. The van der Waals surface area contributed by atoms with Crippen LogP contribution in [0.4, 0.5) is 0 Å². The van der Waals surface area contributed by atoms with Gasteiger partial charge in [-0.25, -0.2) is 0 Å². The number of hydrogen-bond donors (Lipinski definition) is 0. The van der Waals surface area contributed by atoms with Crippen LogP contribution in [0.25, 0.3) is 0 Å². The lowest BCUT2D eigenvalue weighted by molar-refractivity contribution is 0.0113. The third-order valence-corrected chi connectivity index (χ3v) is 5.52. The zero-order chi connectivity index (χ0) is 18.9. The van der Waals surface area contributed by atoms with E-state index in [-0.39, 0.29) is 10.8 Å². The van der Waals surface area contributed by atoms with Crippen molar-refractivity contribution in [3.05, 3.63) is 15.8 Å². The first-order valence-corrected chi connectivity index (χ1v) is 9.98. The normalized spacial score (nSPS) is 12.6. The Hall–Kier alpha value is -0.620. The van der Waals surface area contributed by atoms with Crippen molar-refractivity contribution in [2.45, 2.75) is 59.3 Å². The summed E-state index contributed by atoms with van der Waals surface area (Å²) in [5.41, 5.74) is 0.223. The van der Waals surface area contributed by atoms with Crippen LogP contribution in [0, 0.1) is 0 Å². The molecule has 0 spiro atoms. The van der Waals surface area contributed by atoms with Gasteiger partial charge in [0.15, 0.2) is 0 Å². The van der Waals surface area contributed by atoms with Crippen LogP contribution in [-0.2, 0) is 25.0 Å². The SMILES string of the molecule is CCOCCOCCOCCOc1cc(C(C)(C)C)sc1C(C)(C)C. The van der Waals surface area contributed by atoms with Gasteiger partial charge in [-0.3, -0.25) is 0 Å². The zero-order valence-electron chi connectivity index (χ0n) is 17.1. The Morgan fingerprint density at radius 1 is 0.760 bits per heavy atom. The largest absolute Gasteiger partial charge is 0.490 e. The van der Waals surface area contributed by atoms with Gasteiger partial charge in [0, 0.05) is 11.5 Å². The Morgan fingerprint density at radius 2 is 1.28 bits per heavy atom. The molecule has 0 unspecified atom stereocenters. The molecule has 5 heteroatoms. The molecule has 0 fully saturated rings. The number of ether oxygens (including phenoxy) is 4. The van der Waals surface area contributed by atoms with Crippen molar-refractivity contribution in [1.29, 1.82) is 0 Å². The minimum Gasteiger partial charge on any atom is -0.490 e. The maximum atomic E-state index is 6.02. The Labute approximate surface area is 157 Å². The lowest BCUT2D eigenvalue weighted by Gasteiger charge is -2.19. The monoisotopic (exact) mass is 372 g/mol. The van der Waals surface area contributed by atoms with E-state index < -0.39 is 0 Å². The summed E-state index contributed by atoms with van der Waals surface area (Å²) in [7, 11) is 0. The van der Waals surface area contributed by atoms with E-state index in [1.165, 1.54) is 9.75 Å². The molecule has 25 heavy (non-hydrogen) atoms. The molecule has 0 saturated heterocycles. The number of rotatable bonds is 11. The highest BCUT2D eigenvalue weighted by Gasteiger charge is 2.26. The lowest BCUT2D eigenvalue weighted by Crippen LogP contribution is -2.14. The second-order valence-electron chi connectivity index (χ2n) is 8.07. The van der Waals surface area contributed by atoms with Crippen LogP contribution >= 0.6 is 11.3 Å².